The molecular formula is C17H19ClO. The monoisotopic (exact) mass is 274 g/mol. The topological polar surface area (TPSA) is 9.23 Å². The van der Waals surface area contributed by atoms with Gasteiger partial charge in [0.05, 0.1) is 12.1 Å². The van der Waals surface area contributed by atoms with Crippen LogP contribution in [0.25, 0.3) is 0 Å². The fraction of sp³-hybridized carbons (Fsp3) is 0.294. The fourth-order valence-electron chi connectivity index (χ4n) is 2.39. The molecule has 0 aliphatic carbocycles. The minimum Gasteiger partial charge on any atom is -0.495 e. The van der Waals surface area contributed by atoms with E-state index in [0.717, 1.165) is 18.6 Å². The SMILES string of the molecule is CCCC(c1ccccc1)c1ccc(Cl)c(OC)c1. The molecule has 0 amide bonds. The second-order valence-corrected chi connectivity index (χ2v) is 5.05. The third-order valence-corrected chi connectivity index (χ3v) is 3.67. The largest absolute Gasteiger partial charge is 0.495 e. The summed E-state index contributed by atoms with van der Waals surface area (Å²) in [7, 11) is 1.66. The summed E-state index contributed by atoms with van der Waals surface area (Å²) in [5.41, 5.74) is 2.60. The molecule has 0 bridgehead atoms. The molecular weight excluding hydrogens is 256 g/mol. The minimum atomic E-state index is 0.400. The maximum absolute atomic E-state index is 6.10. The van der Waals surface area contributed by atoms with E-state index in [1.807, 2.05) is 6.07 Å². The Morgan fingerprint density at radius 1 is 1.05 bits per heavy atom. The second kappa shape index (κ2) is 6.63. The highest BCUT2D eigenvalue weighted by molar-refractivity contribution is 6.32. The van der Waals surface area contributed by atoms with Crippen LogP contribution in [0.2, 0.25) is 5.02 Å². The fourth-order valence-corrected chi connectivity index (χ4v) is 2.59. The lowest BCUT2D eigenvalue weighted by Crippen LogP contribution is -2.01. The Bertz CT molecular complexity index is 522. The Labute approximate surface area is 120 Å². The van der Waals surface area contributed by atoms with E-state index >= 15 is 0 Å². The van der Waals surface area contributed by atoms with Crippen molar-refractivity contribution in [3.05, 3.63) is 64.7 Å². The molecule has 0 saturated carbocycles. The van der Waals surface area contributed by atoms with Gasteiger partial charge < -0.3 is 4.74 Å². The molecule has 0 heterocycles. The predicted octanol–water partition coefficient (Wildman–Crippen LogP) is 5.28. The van der Waals surface area contributed by atoms with E-state index in [4.69, 9.17) is 16.3 Å². The van der Waals surface area contributed by atoms with Gasteiger partial charge in [-0.3, -0.25) is 0 Å². The number of halogens is 1. The average molecular weight is 275 g/mol. The van der Waals surface area contributed by atoms with Crippen molar-refractivity contribution in [2.24, 2.45) is 0 Å². The van der Waals surface area contributed by atoms with E-state index in [2.05, 4.69) is 49.4 Å². The first-order valence-corrected chi connectivity index (χ1v) is 7.02. The molecule has 2 heteroatoms. The third-order valence-electron chi connectivity index (χ3n) is 3.36. The van der Waals surface area contributed by atoms with Gasteiger partial charge in [-0.25, -0.2) is 0 Å². The van der Waals surface area contributed by atoms with Gasteiger partial charge >= 0.3 is 0 Å². The van der Waals surface area contributed by atoms with Crippen molar-refractivity contribution in [3.8, 4) is 5.75 Å². The van der Waals surface area contributed by atoms with Crippen LogP contribution in [0.5, 0.6) is 5.75 Å². The average Bonchev–Trinajstić information content (AvgIpc) is 2.46. The van der Waals surface area contributed by atoms with Gasteiger partial charge in [0.15, 0.2) is 0 Å². The van der Waals surface area contributed by atoms with Crippen LogP contribution in [0.4, 0.5) is 0 Å². The number of methoxy groups -OCH3 is 1. The van der Waals surface area contributed by atoms with Crippen LogP contribution in [0.15, 0.2) is 48.5 Å². The molecule has 0 aromatic heterocycles. The van der Waals surface area contributed by atoms with Crippen LogP contribution in [-0.2, 0) is 0 Å². The Hall–Kier alpha value is -1.47. The number of ether oxygens (including phenoxy) is 1. The van der Waals surface area contributed by atoms with Gasteiger partial charge in [0.2, 0.25) is 0 Å². The predicted molar refractivity (Wildman–Crippen MR) is 81.2 cm³/mol. The van der Waals surface area contributed by atoms with Crippen LogP contribution < -0.4 is 4.74 Å². The molecule has 2 aromatic carbocycles. The van der Waals surface area contributed by atoms with Crippen LogP contribution in [0.1, 0.15) is 36.8 Å². The zero-order valence-corrected chi connectivity index (χ0v) is 12.2. The molecule has 19 heavy (non-hydrogen) atoms. The summed E-state index contributed by atoms with van der Waals surface area (Å²) in [6, 6.07) is 16.7. The molecule has 100 valence electrons. The Balaban J connectivity index is 2.39. The molecule has 0 aliphatic heterocycles. The molecule has 1 nitrogen and oxygen atoms in total. The minimum absolute atomic E-state index is 0.400. The third kappa shape index (κ3) is 3.30. The van der Waals surface area contributed by atoms with E-state index in [9.17, 15) is 0 Å². The summed E-state index contributed by atoms with van der Waals surface area (Å²) < 4.78 is 5.32. The van der Waals surface area contributed by atoms with Crippen LogP contribution in [0, 0.1) is 0 Å². The van der Waals surface area contributed by atoms with Crippen molar-refractivity contribution in [3.63, 3.8) is 0 Å². The zero-order chi connectivity index (χ0) is 13.7. The maximum Gasteiger partial charge on any atom is 0.137 e. The molecule has 2 rings (SSSR count). The van der Waals surface area contributed by atoms with Gasteiger partial charge in [0.1, 0.15) is 5.75 Å². The van der Waals surface area contributed by atoms with Gasteiger partial charge in [-0.05, 0) is 29.7 Å². The summed E-state index contributed by atoms with van der Waals surface area (Å²) in [6.45, 7) is 2.21. The lowest BCUT2D eigenvalue weighted by Gasteiger charge is -2.18. The highest BCUT2D eigenvalue weighted by Crippen LogP contribution is 2.34. The highest BCUT2D eigenvalue weighted by Gasteiger charge is 2.14. The van der Waals surface area contributed by atoms with Gasteiger partial charge in [0.25, 0.3) is 0 Å². The van der Waals surface area contributed by atoms with E-state index in [1.165, 1.54) is 11.1 Å². The van der Waals surface area contributed by atoms with Crippen LogP contribution >= 0.6 is 11.6 Å². The first kappa shape index (κ1) is 14.0. The van der Waals surface area contributed by atoms with Crippen molar-refractivity contribution in [2.75, 3.05) is 7.11 Å². The van der Waals surface area contributed by atoms with E-state index < -0.39 is 0 Å². The van der Waals surface area contributed by atoms with Crippen molar-refractivity contribution < 1.29 is 4.74 Å². The number of benzene rings is 2. The van der Waals surface area contributed by atoms with E-state index in [1.54, 1.807) is 7.11 Å². The van der Waals surface area contributed by atoms with Crippen LogP contribution in [0.3, 0.4) is 0 Å². The highest BCUT2D eigenvalue weighted by atomic mass is 35.5. The first-order valence-electron chi connectivity index (χ1n) is 6.64. The number of rotatable bonds is 5. The smallest absolute Gasteiger partial charge is 0.137 e. The lowest BCUT2D eigenvalue weighted by atomic mass is 9.87. The normalized spacial score (nSPS) is 12.2. The van der Waals surface area contributed by atoms with Gasteiger partial charge in [0, 0.05) is 5.92 Å². The summed E-state index contributed by atoms with van der Waals surface area (Å²) >= 11 is 6.10. The molecule has 1 unspecified atom stereocenters. The molecule has 0 saturated heterocycles. The molecule has 0 aliphatic rings. The molecule has 0 spiro atoms. The number of hydrogen-bond donors (Lipinski definition) is 0. The lowest BCUT2D eigenvalue weighted by molar-refractivity contribution is 0.414. The van der Waals surface area contributed by atoms with Crippen molar-refractivity contribution >= 4 is 11.6 Å². The van der Waals surface area contributed by atoms with Gasteiger partial charge in [-0.15, -0.1) is 0 Å². The van der Waals surface area contributed by atoms with Crippen molar-refractivity contribution in [1.29, 1.82) is 0 Å². The Morgan fingerprint density at radius 2 is 1.79 bits per heavy atom. The molecule has 0 fully saturated rings. The number of hydrogen-bond acceptors (Lipinski definition) is 1. The van der Waals surface area contributed by atoms with Crippen molar-refractivity contribution in [2.45, 2.75) is 25.7 Å². The van der Waals surface area contributed by atoms with E-state index in [-0.39, 0.29) is 0 Å². The van der Waals surface area contributed by atoms with Gasteiger partial charge in [-0.1, -0.05) is 61.3 Å². The summed E-state index contributed by atoms with van der Waals surface area (Å²) in [4.78, 5) is 0. The summed E-state index contributed by atoms with van der Waals surface area (Å²) in [5.74, 6) is 1.15. The van der Waals surface area contributed by atoms with Crippen LogP contribution in [-0.4, -0.2) is 7.11 Å². The van der Waals surface area contributed by atoms with Crippen molar-refractivity contribution in [1.82, 2.24) is 0 Å². The zero-order valence-electron chi connectivity index (χ0n) is 11.4. The molecule has 0 radical (unpaired) electrons. The summed E-state index contributed by atoms with van der Waals surface area (Å²) in [5, 5.41) is 0.662. The molecule has 2 aromatic rings. The first-order chi connectivity index (χ1) is 9.26. The second-order valence-electron chi connectivity index (χ2n) is 4.65. The molecule has 0 N–H and O–H groups in total. The summed E-state index contributed by atoms with van der Waals surface area (Å²) in [6.07, 6.45) is 2.26. The quantitative estimate of drug-likeness (QED) is 0.721. The Kier molecular flexibility index (Phi) is 4.86. The van der Waals surface area contributed by atoms with E-state index in [0.29, 0.717) is 10.9 Å². The molecule has 1 atom stereocenters. The Morgan fingerprint density at radius 3 is 2.42 bits per heavy atom. The standard InChI is InChI=1S/C17H19ClO/c1-3-7-15(13-8-5-4-6-9-13)14-10-11-16(18)17(12-14)19-2/h4-6,8-12,15H,3,7H2,1-2H3. The maximum atomic E-state index is 6.10. The van der Waals surface area contributed by atoms with Gasteiger partial charge in [-0.2, -0.15) is 0 Å².